The Bertz CT molecular complexity index is 1120. The van der Waals surface area contributed by atoms with Gasteiger partial charge in [0, 0.05) is 29.5 Å². The molecule has 2 aromatic heterocycles. The Kier molecular flexibility index (Phi) is 5.53. The number of amides is 1. The van der Waals surface area contributed by atoms with Gasteiger partial charge in [0.1, 0.15) is 0 Å². The van der Waals surface area contributed by atoms with Gasteiger partial charge in [-0.2, -0.15) is 0 Å². The lowest BCUT2D eigenvalue weighted by molar-refractivity contribution is 0.0954. The summed E-state index contributed by atoms with van der Waals surface area (Å²) in [6.07, 6.45) is 0.850. The second-order valence-electron chi connectivity index (χ2n) is 6.82. The van der Waals surface area contributed by atoms with E-state index in [0.717, 1.165) is 28.7 Å². The predicted octanol–water partition coefficient (Wildman–Crippen LogP) is 5.05. The van der Waals surface area contributed by atoms with E-state index in [-0.39, 0.29) is 5.91 Å². The van der Waals surface area contributed by atoms with Crippen LogP contribution in [0.15, 0.2) is 64.4 Å². The fourth-order valence-electron chi connectivity index (χ4n) is 3.14. The van der Waals surface area contributed by atoms with Crippen LogP contribution in [0.4, 0.5) is 0 Å². The van der Waals surface area contributed by atoms with Gasteiger partial charge in [-0.1, -0.05) is 24.3 Å². The highest BCUT2D eigenvalue weighted by atomic mass is 32.1. The zero-order valence-electron chi connectivity index (χ0n) is 16.3. The fraction of sp³-hybridized carbons (Fsp3) is 0.174. The molecule has 4 aromatic rings. The monoisotopic (exact) mass is 403 g/mol. The molecule has 0 aliphatic heterocycles. The molecule has 0 atom stereocenters. The third kappa shape index (κ3) is 4.43. The Balaban J connectivity index is 1.48. The number of nitrogens with zero attached hydrogens (tertiary/aromatic N) is 2. The van der Waals surface area contributed by atoms with Crippen LogP contribution in [0.2, 0.25) is 0 Å². The first kappa shape index (κ1) is 19.1. The van der Waals surface area contributed by atoms with E-state index in [0.29, 0.717) is 23.9 Å². The number of aromatic nitrogens is 2. The summed E-state index contributed by atoms with van der Waals surface area (Å²) in [4.78, 5) is 13.7. The maximum atomic E-state index is 12.4. The molecule has 1 N–H and O–H groups in total. The van der Waals surface area contributed by atoms with Crippen molar-refractivity contribution in [3.8, 4) is 22.6 Å². The van der Waals surface area contributed by atoms with Crippen LogP contribution in [-0.2, 0) is 6.42 Å². The number of rotatable bonds is 6. The van der Waals surface area contributed by atoms with Gasteiger partial charge in [0.15, 0.2) is 0 Å². The van der Waals surface area contributed by atoms with Crippen molar-refractivity contribution < 1.29 is 9.21 Å². The minimum Gasteiger partial charge on any atom is -0.421 e. The van der Waals surface area contributed by atoms with E-state index >= 15 is 0 Å². The van der Waals surface area contributed by atoms with E-state index in [1.54, 1.807) is 18.3 Å². The van der Waals surface area contributed by atoms with Crippen molar-refractivity contribution >= 4 is 17.2 Å². The SMILES string of the molecule is Cc1nnc(-c2ccc(C)c(-c3ccc(C(=O)NCCc4cccs4)cc3)c2)o1. The first-order valence-electron chi connectivity index (χ1n) is 9.42. The molecule has 2 heterocycles. The first-order valence-corrected chi connectivity index (χ1v) is 10.3. The minimum absolute atomic E-state index is 0.0556. The van der Waals surface area contributed by atoms with Gasteiger partial charge < -0.3 is 9.73 Å². The standard InChI is InChI=1S/C23H21N3O2S/c1-15-5-6-19(23-26-25-16(2)28-23)14-21(15)17-7-9-18(10-8-17)22(27)24-12-11-20-4-3-13-29-20/h3-10,13-14H,11-12H2,1-2H3,(H,24,27). The molecule has 0 bridgehead atoms. The summed E-state index contributed by atoms with van der Waals surface area (Å²) in [5, 5.41) is 13.0. The molecule has 0 saturated carbocycles. The number of nitrogens with one attached hydrogen (secondary N) is 1. The van der Waals surface area contributed by atoms with Gasteiger partial charge in [0.25, 0.3) is 5.91 Å². The van der Waals surface area contributed by atoms with Crippen LogP contribution in [0.3, 0.4) is 0 Å². The summed E-state index contributed by atoms with van der Waals surface area (Å²) in [7, 11) is 0. The Hall–Kier alpha value is -3.25. The zero-order valence-corrected chi connectivity index (χ0v) is 17.1. The van der Waals surface area contributed by atoms with E-state index in [9.17, 15) is 4.79 Å². The van der Waals surface area contributed by atoms with Crippen molar-refractivity contribution in [1.82, 2.24) is 15.5 Å². The molecule has 6 heteroatoms. The molecular weight excluding hydrogens is 382 g/mol. The molecule has 0 aliphatic carbocycles. The number of hydrogen-bond donors (Lipinski definition) is 1. The highest BCUT2D eigenvalue weighted by Gasteiger charge is 2.11. The molecule has 0 fully saturated rings. The molecule has 0 aliphatic rings. The number of carbonyl (C=O) groups excluding carboxylic acids is 1. The van der Waals surface area contributed by atoms with Crippen molar-refractivity contribution in [2.45, 2.75) is 20.3 Å². The number of benzene rings is 2. The van der Waals surface area contributed by atoms with Crippen LogP contribution in [0.1, 0.15) is 26.7 Å². The van der Waals surface area contributed by atoms with Crippen LogP contribution in [0.25, 0.3) is 22.6 Å². The predicted molar refractivity (Wildman–Crippen MR) is 115 cm³/mol. The van der Waals surface area contributed by atoms with Crippen LogP contribution >= 0.6 is 11.3 Å². The Labute approximate surface area is 173 Å². The normalized spacial score (nSPS) is 10.8. The minimum atomic E-state index is -0.0556. The van der Waals surface area contributed by atoms with E-state index in [4.69, 9.17) is 4.42 Å². The number of carbonyl (C=O) groups is 1. The molecule has 0 unspecified atom stereocenters. The quantitative estimate of drug-likeness (QED) is 0.489. The number of aryl methyl sites for hydroxylation is 2. The number of hydrogen-bond acceptors (Lipinski definition) is 5. The highest BCUT2D eigenvalue weighted by Crippen LogP contribution is 2.29. The zero-order chi connectivity index (χ0) is 20.2. The van der Waals surface area contributed by atoms with Crippen molar-refractivity contribution in [1.29, 1.82) is 0 Å². The lowest BCUT2D eigenvalue weighted by Crippen LogP contribution is -2.25. The Morgan fingerprint density at radius 3 is 2.52 bits per heavy atom. The molecule has 1 amide bonds. The molecule has 0 radical (unpaired) electrons. The van der Waals surface area contributed by atoms with Gasteiger partial charge in [0.05, 0.1) is 0 Å². The topological polar surface area (TPSA) is 68.0 Å². The molecule has 146 valence electrons. The maximum Gasteiger partial charge on any atom is 0.251 e. The van der Waals surface area contributed by atoms with Crippen LogP contribution < -0.4 is 5.32 Å². The van der Waals surface area contributed by atoms with Gasteiger partial charge in [-0.25, -0.2) is 0 Å². The third-order valence-corrected chi connectivity index (χ3v) is 5.64. The lowest BCUT2D eigenvalue weighted by Gasteiger charge is -2.09. The third-order valence-electron chi connectivity index (χ3n) is 4.71. The van der Waals surface area contributed by atoms with Gasteiger partial charge in [-0.3, -0.25) is 4.79 Å². The van der Waals surface area contributed by atoms with Crippen molar-refractivity contribution in [3.05, 3.63) is 81.9 Å². The maximum absolute atomic E-state index is 12.4. The van der Waals surface area contributed by atoms with Gasteiger partial charge >= 0.3 is 0 Å². The summed E-state index contributed by atoms with van der Waals surface area (Å²) in [6, 6.07) is 17.8. The van der Waals surface area contributed by atoms with Crippen LogP contribution in [0.5, 0.6) is 0 Å². The molecule has 2 aromatic carbocycles. The second kappa shape index (κ2) is 8.41. The molecule has 0 spiro atoms. The van der Waals surface area contributed by atoms with Crippen molar-refractivity contribution in [2.75, 3.05) is 6.54 Å². The lowest BCUT2D eigenvalue weighted by atomic mass is 9.97. The fourth-order valence-corrected chi connectivity index (χ4v) is 3.85. The van der Waals surface area contributed by atoms with Crippen LogP contribution in [0, 0.1) is 13.8 Å². The van der Waals surface area contributed by atoms with E-state index in [1.165, 1.54) is 4.88 Å². The van der Waals surface area contributed by atoms with Crippen LogP contribution in [-0.4, -0.2) is 22.6 Å². The van der Waals surface area contributed by atoms with E-state index < -0.39 is 0 Å². The first-order chi connectivity index (χ1) is 14.1. The molecule has 5 nitrogen and oxygen atoms in total. The summed E-state index contributed by atoms with van der Waals surface area (Å²) < 4.78 is 5.54. The van der Waals surface area contributed by atoms with Crippen molar-refractivity contribution in [3.63, 3.8) is 0 Å². The molecule has 0 saturated heterocycles. The smallest absolute Gasteiger partial charge is 0.251 e. The average Bonchev–Trinajstić information content (AvgIpc) is 3.40. The molecule has 4 rings (SSSR count). The molecular formula is C23H21N3O2S. The number of thiophene rings is 1. The summed E-state index contributed by atoms with van der Waals surface area (Å²) in [5.74, 6) is 0.988. The summed E-state index contributed by atoms with van der Waals surface area (Å²) in [5.41, 5.74) is 4.78. The Morgan fingerprint density at radius 2 is 1.83 bits per heavy atom. The van der Waals surface area contributed by atoms with Gasteiger partial charge in [0.2, 0.25) is 11.8 Å². The van der Waals surface area contributed by atoms with Gasteiger partial charge in [-0.15, -0.1) is 21.5 Å². The summed E-state index contributed by atoms with van der Waals surface area (Å²) in [6.45, 7) is 4.46. The largest absolute Gasteiger partial charge is 0.421 e. The average molecular weight is 404 g/mol. The van der Waals surface area contributed by atoms with Crippen molar-refractivity contribution in [2.24, 2.45) is 0 Å². The molecule has 29 heavy (non-hydrogen) atoms. The van der Waals surface area contributed by atoms with Gasteiger partial charge in [-0.05, 0) is 65.7 Å². The summed E-state index contributed by atoms with van der Waals surface area (Å²) >= 11 is 1.71. The second-order valence-corrected chi connectivity index (χ2v) is 7.85. The highest BCUT2D eigenvalue weighted by molar-refractivity contribution is 7.09. The van der Waals surface area contributed by atoms with E-state index in [1.807, 2.05) is 53.9 Å². The Morgan fingerprint density at radius 1 is 1.03 bits per heavy atom. The van der Waals surface area contributed by atoms with E-state index in [2.05, 4.69) is 28.5 Å².